The molecule has 0 aromatic rings. The molecular weight excluding hydrogens is 356 g/mol. The standard InChI is InChI=1S/C23H34O5/c1-13(24)26-15-7-10-22(4)18-8-9-21(3)17(5-6-19(21)27-14(2)25)16(18)11-20-23(22,12-15)28-20/h15-20H,5-12H2,1-4H3/t15-,16-,17-,18-,19-,20+,21+,22-,23+/m1/s1. The zero-order valence-electron chi connectivity index (χ0n) is 17.7. The van der Waals surface area contributed by atoms with Crippen molar-refractivity contribution in [3.63, 3.8) is 0 Å². The van der Waals surface area contributed by atoms with Crippen molar-refractivity contribution in [3.8, 4) is 0 Å². The fourth-order valence-corrected chi connectivity index (χ4v) is 8.32. The zero-order valence-corrected chi connectivity index (χ0v) is 17.7. The highest BCUT2D eigenvalue weighted by Gasteiger charge is 2.76. The van der Waals surface area contributed by atoms with Gasteiger partial charge >= 0.3 is 11.9 Å². The first-order valence-electron chi connectivity index (χ1n) is 11.2. The van der Waals surface area contributed by atoms with Crippen LogP contribution in [0.5, 0.6) is 0 Å². The van der Waals surface area contributed by atoms with Gasteiger partial charge in [0.15, 0.2) is 0 Å². The third-order valence-electron chi connectivity index (χ3n) is 9.59. The van der Waals surface area contributed by atoms with Crippen LogP contribution < -0.4 is 0 Å². The molecule has 5 fully saturated rings. The smallest absolute Gasteiger partial charge is 0.302 e. The molecule has 1 saturated heterocycles. The van der Waals surface area contributed by atoms with Gasteiger partial charge < -0.3 is 14.2 Å². The maximum absolute atomic E-state index is 11.6. The van der Waals surface area contributed by atoms with E-state index in [2.05, 4.69) is 13.8 Å². The van der Waals surface area contributed by atoms with E-state index in [-0.39, 0.29) is 40.6 Å². The lowest BCUT2D eigenvalue weighted by molar-refractivity contribution is -0.164. The van der Waals surface area contributed by atoms with Crippen molar-refractivity contribution in [2.45, 2.75) is 103 Å². The minimum Gasteiger partial charge on any atom is -0.462 e. The summed E-state index contributed by atoms with van der Waals surface area (Å²) in [7, 11) is 0. The van der Waals surface area contributed by atoms with Crippen LogP contribution in [0.2, 0.25) is 0 Å². The molecule has 1 spiro atoms. The zero-order chi connectivity index (χ0) is 19.9. The van der Waals surface area contributed by atoms with Crippen LogP contribution in [-0.2, 0) is 23.8 Å². The maximum Gasteiger partial charge on any atom is 0.302 e. The van der Waals surface area contributed by atoms with E-state index in [1.807, 2.05) is 0 Å². The van der Waals surface area contributed by atoms with E-state index in [4.69, 9.17) is 14.2 Å². The van der Waals surface area contributed by atoms with Crippen LogP contribution in [0.25, 0.3) is 0 Å². The largest absolute Gasteiger partial charge is 0.462 e. The van der Waals surface area contributed by atoms with E-state index in [1.54, 1.807) is 0 Å². The number of hydrogen-bond acceptors (Lipinski definition) is 5. The van der Waals surface area contributed by atoms with E-state index < -0.39 is 0 Å². The van der Waals surface area contributed by atoms with Crippen LogP contribution in [0, 0.1) is 28.6 Å². The van der Waals surface area contributed by atoms with E-state index in [9.17, 15) is 9.59 Å². The fraction of sp³-hybridized carbons (Fsp3) is 0.913. The molecule has 156 valence electrons. The Morgan fingerprint density at radius 2 is 1.68 bits per heavy atom. The molecule has 4 aliphatic carbocycles. The van der Waals surface area contributed by atoms with Gasteiger partial charge in [-0.05, 0) is 62.7 Å². The van der Waals surface area contributed by atoms with Gasteiger partial charge in [0.1, 0.15) is 17.8 Å². The summed E-state index contributed by atoms with van der Waals surface area (Å²) in [4.78, 5) is 23.1. The molecule has 0 N–H and O–H groups in total. The van der Waals surface area contributed by atoms with Crippen LogP contribution in [-0.4, -0.2) is 35.9 Å². The van der Waals surface area contributed by atoms with Crippen molar-refractivity contribution >= 4 is 11.9 Å². The summed E-state index contributed by atoms with van der Waals surface area (Å²) in [5.74, 6) is 1.64. The van der Waals surface area contributed by atoms with Crippen molar-refractivity contribution in [1.29, 1.82) is 0 Å². The van der Waals surface area contributed by atoms with E-state index in [0.717, 1.165) is 38.5 Å². The second-order valence-corrected chi connectivity index (χ2v) is 10.7. The highest BCUT2D eigenvalue weighted by atomic mass is 16.6. The lowest BCUT2D eigenvalue weighted by atomic mass is 9.45. The second-order valence-electron chi connectivity index (χ2n) is 10.7. The predicted octanol–water partition coefficient (Wildman–Crippen LogP) is 4.02. The van der Waals surface area contributed by atoms with Gasteiger partial charge in [-0.1, -0.05) is 13.8 Å². The molecule has 0 radical (unpaired) electrons. The Labute approximate surface area is 167 Å². The molecule has 5 nitrogen and oxygen atoms in total. The Bertz CT molecular complexity index is 705. The summed E-state index contributed by atoms with van der Waals surface area (Å²) in [5.41, 5.74) is 0.222. The predicted molar refractivity (Wildman–Crippen MR) is 102 cm³/mol. The van der Waals surface area contributed by atoms with Gasteiger partial charge in [0.25, 0.3) is 0 Å². The Kier molecular flexibility index (Phi) is 4.02. The fourth-order valence-electron chi connectivity index (χ4n) is 8.32. The molecule has 0 aromatic heterocycles. The van der Waals surface area contributed by atoms with Gasteiger partial charge in [-0.25, -0.2) is 0 Å². The number of esters is 2. The highest BCUT2D eigenvalue weighted by molar-refractivity contribution is 5.66. The number of rotatable bonds is 2. The molecule has 5 rings (SSSR count). The minimum atomic E-state index is -0.174. The molecule has 9 atom stereocenters. The van der Waals surface area contributed by atoms with Crippen molar-refractivity contribution in [2.75, 3.05) is 0 Å². The van der Waals surface area contributed by atoms with Gasteiger partial charge in [0.2, 0.25) is 0 Å². The molecule has 4 saturated carbocycles. The molecule has 28 heavy (non-hydrogen) atoms. The van der Waals surface area contributed by atoms with Crippen molar-refractivity contribution in [1.82, 2.24) is 0 Å². The van der Waals surface area contributed by atoms with E-state index in [1.165, 1.54) is 26.7 Å². The van der Waals surface area contributed by atoms with E-state index >= 15 is 0 Å². The number of carbonyl (C=O) groups is 2. The van der Waals surface area contributed by atoms with Crippen molar-refractivity contribution in [3.05, 3.63) is 0 Å². The summed E-state index contributed by atoms with van der Waals surface area (Å²) < 4.78 is 17.8. The third-order valence-corrected chi connectivity index (χ3v) is 9.59. The van der Waals surface area contributed by atoms with Crippen LogP contribution in [0.3, 0.4) is 0 Å². The summed E-state index contributed by atoms with van der Waals surface area (Å²) in [6.45, 7) is 7.87. The monoisotopic (exact) mass is 390 g/mol. The van der Waals surface area contributed by atoms with Crippen molar-refractivity contribution < 1.29 is 23.8 Å². The number of hydrogen-bond donors (Lipinski definition) is 0. The number of epoxide rings is 1. The lowest BCUT2D eigenvalue weighted by Gasteiger charge is -2.59. The molecule has 0 aromatic carbocycles. The number of ether oxygens (including phenoxy) is 3. The molecule has 1 heterocycles. The van der Waals surface area contributed by atoms with Gasteiger partial charge in [-0.2, -0.15) is 0 Å². The quantitative estimate of drug-likeness (QED) is 0.526. The number of fused-ring (bicyclic) bond motifs is 4. The Hall–Kier alpha value is -1.10. The average molecular weight is 391 g/mol. The minimum absolute atomic E-state index is 0.0146. The molecule has 0 bridgehead atoms. The van der Waals surface area contributed by atoms with Crippen LogP contribution in [0.4, 0.5) is 0 Å². The van der Waals surface area contributed by atoms with Crippen molar-refractivity contribution in [2.24, 2.45) is 28.6 Å². The number of carbonyl (C=O) groups excluding carboxylic acids is 2. The van der Waals surface area contributed by atoms with Crippen LogP contribution in [0.1, 0.15) is 79.1 Å². The lowest BCUT2D eigenvalue weighted by Crippen LogP contribution is -2.59. The highest BCUT2D eigenvalue weighted by Crippen LogP contribution is 2.73. The maximum atomic E-state index is 11.6. The third kappa shape index (κ3) is 2.41. The normalized spacial score (nSPS) is 53.9. The second kappa shape index (κ2) is 5.96. The van der Waals surface area contributed by atoms with Crippen LogP contribution >= 0.6 is 0 Å². The molecule has 1 aliphatic heterocycles. The van der Waals surface area contributed by atoms with Gasteiger partial charge in [-0.3, -0.25) is 9.59 Å². The summed E-state index contributed by atoms with van der Waals surface area (Å²) in [6.07, 6.45) is 8.95. The molecule has 0 unspecified atom stereocenters. The average Bonchev–Trinajstić information content (AvgIpc) is 3.20. The molecule has 0 amide bonds. The summed E-state index contributed by atoms with van der Waals surface area (Å²) in [5, 5.41) is 0. The SMILES string of the molecule is CC(=O)O[C@@H]1CC[C@]2(C)[C@@H]3CC[C@@]4(C)[C@H](CC[C@H]4OC(C)=O)[C@H]3C[C@@H]3O[C@@]32C1. The Morgan fingerprint density at radius 1 is 0.929 bits per heavy atom. The topological polar surface area (TPSA) is 65.1 Å². The summed E-state index contributed by atoms with van der Waals surface area (Å²) >= 11 is 0. The Morgan fingerprint density at radius 3 is 2.39 bits per heavy atom. The van der Waals surface area contributed by atoms with Gasteiger partial charge in [0.05, 0.1) is 6.10 Å². The first kappa shape index (κ1) is 18.9. The first-order chi connectivity index (χ1) is 13.2. The van der Waals surface area contributed by atoms with Gasteiger partial charge in [-0.15, -0.1) is 0 Å². The molecule has 5 aliphatic rings. The molecule has 5 heteroatoms. The van der Waals surface area contributed by atoms with Crippen LogP contribution in [0.15, 0.2) is 0 Å². The molecular formula is C23H34O5. The van der Waals surface area contributed by atoms with E-state index in [0.29, 0.717) is 23.9 Å². The van der Waals surface area contributed by atoms with Gasteiger partial charge in [0, 0.05) is 31.1 Å². The first-order valence-corrected chi connectivity index (χ1v) is 11.2. The Balaban J connectivity index is 1.39. The summed E-state index contributed by atoms with van der Waals surface area (Å²) in [6, 6.07) is 0.